The smallest absolute Gasteiger partial charge is 0.146 e. The van der Waals surface area contributed by atoms with Crippen molar-refractivity contribution in [1.29, 1.82) is 0 Å². The number of hydrogen-bond donors (Lipinski definition) is 2. The Labute approximate surface area is 114 Å². The predicted octanol–water partition coefficient (Wildman–Crippen LogP) is 4.47. The van der Waals surface area contributed by atoms with Crippen molar-refractivity contribution >= 4 is 21.6 Å². The lowest BCUT2D eigenvalue weighted by atomic mass is 10.1. The Morgan fingerprint density at radius 1 is 1.17 bits per heavy atom. The minimum Gasteiger partial charge on any atom is -0.508 e. The molecule has 94 valence electrons. The molecule has 2 aromatic rings. The molecule has 0 radical (unpaired) electrons. The van der Waals surface area contributed by atoms with Gasteiger partial charge in [-0.1, -0.05) is 28.1 Å². The minimum absolute atomic E-state index is 0.0469. The summed E-state index contributed by atoms with van der Waals surface area (Å²) in [4.78, 5) is 0. The first kappa shape index (κ1) is 12.9. The van der Waals surface area contributed by atoms with Crippen LogP contribution in [0.5, 0.6) is 5.75 Å². The highest BCUT2D eigenvalue weighted by Crippen LogP contribution is 2.25. The van der Waals surface area contributed by atoms with Crippen LogP contribution in [0, 0.1) is 5.82 Å². The van der Waals surface area contributed by atoms with Crippen LogP contribution in [0.25, 0.3) is 0 Å². The van der Waals surface area contributed by atoms with E-state index in [1.54, 1.807) is 24.3 Å². The predicted molar refractivity (Wildman–Crippen MR) is 74.2 cm³/mol. The normalized spacial score (nSPS) is 12.2. The molecule has 2 aromatic carbocycles. The number of halogens is 2. The Kier molecular flexibility index (Phi) is 3.87. The highest BCUT2D eigenvalue weighted by Gasteiger charge is 2.08. The average Bonchev–Trinajstić information content (AvgIpc) is 2.34. The lowest BCUT2D eigenvalue weighted by Gasteiger charge is -2.16. The molecular formula is C14H13BrFNO. The molecule has 0 spiro atoms. The molecule has 18 heavy (non-hydrogen) atoms. The van der Waals surface area contributed by atoms with Crippen molar-refractivity contribution in [1.82, 2.24) is 0 Å². The van der Waals surface area contributed by atoms with Gasteiger partial charge < -0.3 is 10.4 Å². The maximum absolute atomic E-state index is 13.6. The average molecular weight is 310 g/mol. The molecule has 4 heteroatoms. The van der Waals surface area contributed by atoms with E-state index in [1.165, 1.54) is 6.07 Å². The van der Waals surface area contributed by atoms with Crippen LogP contribution < -0.4 is 5.32 Å². The summed E-state index contributed by atoms with van der Waals surface area (Å²) in [6.07, 6.45) is 0. The van der Waals surface area contributed by atoms with Crippen molar-refractivity contribution in [3.63, 3.8) is 0 Å². The van der Waals surface area contributed by atoms with E-state index in [-0.39, 0.29) is 17.6 Å². The Bertz CT molecular complexity index is 542. The molecule has 0 heterocycles. The van der Waals surface area contributed by atoms with Crippen molar-refractivity contribution in [2.24, 2.45) is 0 Å². The molecule has 1 unspecified atom stereocenters. The standard InChI is InChI=1S/C14H13BrFNO/c1-9(10-2-5-12(18)6-3-10)17-14-8-11(15)4-7-13(14)16/h2-9,17-18H,1H3. The third kappa shape index (κ3) is 3.01. The van der Waals surface area contributed by atoms with Crippen LogP contribution >= 0.6 is 15.9 Å². The van der Waals surface area contributed by atoms with Crippen molar-refractivity contribution in [3.05, 3.63) is 58.3 Å². The second-order valence-electron chi connectivity index (χ2n) is 4.08. The Balaban J connectivity index is 2.18. The molecule has 0 aliphatic carbocycles. The lowest BCUT2D eigenvalue weighted by Crippen LogP contribution is -2.07. The van der Waals surface area contributed by atoms with Crippen LogP contribution in [0.2, 0.25) is 0 Å². The zero-order valence-electron chi connectivity index (χ0n) is 9.82. The van der Waals surface area contributed by atoms with Crippen LogP contribution in [-0.4, -0.2) is 5.11 Å². The maximum atomic E-state index is 13.6. The van der Waals surface area contributed by atoms with Gasteiger partial charge in [0.15, 0.2) is 0 Å². The van der Waals surface area contributed by atoms with Crippen molar-refractivity contribution < 1.29 is 9.50 Å². The largest absolute Gasteiger partial charge is 0.508 e. The molecule has 0 amide bonds. The van der Waals surface area contributed by atoms with Crippen molar-refractivity contribution in [2.75, 3.05) is 5.32 Å². The summed E-state index contributed by atoms with van der Waals surface area (Å²) in [7, 11) is 0. The number of anilines is 1. The molecule has 0 fully saturated rings. The van der Waals surface area contributed by atoms with Crippen LogP contribution in [0.15, 0.2) is 46.9 Å². The van der Waals surface area contributed by atoms with Gasteiger partial charge in [-0.2, -0.15) is 0 Å². The van der Waals surface area contributed by atoms with Gasteiger partial charge in [0.1, 0.15) is 11.6 Å². The lowest BCUT2D eigenvalue weighted by molar-refractivity contribution is 0.475. The summed E-state index contributed by atoms with van der Waals surface area (Å²) in [6.45, 7) is 1.94. The van der Waals surface area contributed by atoms with Crippen molar-refractivity contribution in [2.45, 2.75) is 13.0 Å². The number of rotatable bonds is 3. The fraction of sp³-hybridized carbons (Fsp3) is 0.143. The zero-order chi connectivity index (χ0) is 13.1. The van der Waals surface area contributed by atoms with Gasteiger partial charge >= 0.3 is 0 Å². The van der Waals surface area contributed by atoms with E-state index >= 15 is 0 Å². The monoisotopic (exact) mass is 309 g/mol. The molecular weight excluding hydrogens is 297 g/mol. The van der Waals surface area contributed by atoms with E-state index in [1.807, 2.05) is 19.1 Å². The number of nitrogens with one attached hydrogen (secondary N) is 1. The Hall–Kier alpha value is -1.55. The van der Waals surface area contributed by atoms with E-state index in [0.29, 0.717) is 5.69 Å². The van der Waals surface area contributed by atoms with Gasteiger partial charge in [-0.25, -0.2) is 4.39 Å². The van der Waals surface area contributed by atoms with E-state index in [4.69, 9.17) is 0 Å². The quantitative estimate of drug-likeness (QED) is 0.877. The van der Waals surface area contributed by atoms with Gasteiger partial charge in [0.25, 0.3) is 0 Å². The summed E-state index contributed by atoms with van der Waals surface area (Å²) in [5.41, 5.74) is 1.43. The van der Waals surface area contributed by atoms with E-state index in [9.17, 15) is 9.50 Å². The zero-order valence-corrected chi connectivity index (χ0v) is 11.4. The van der Waals surface area contributed by atoms with Gasteiger partial charge in [0.2, 0.25) is 0 Å². The minimum atomic E-state index is -0.288. The first-order valence-corrected chi connectivity index (χ1v) is 6.36. The third-order valence-electron chi connectivity index (χ3n) is 2.69. The topological polar surface area (TPSA) is 32.3 Å². The Morgan fingerprint density at radius 3 is 2.50 bits per heavy atom. The summed E-state index contributed by atoms with van der Waals surface area (Å²) >= 11 is 3.31. The number of hydrogen-bond acceptors (Lipinski definition) is 2. The van der Waals surface area contributed by atoms with Gasteiger partial charge in [0.05, 0.1) is 5.69 Å². The molecule has 0 bridgehead atoms. The second-order valence-corrected chi connectivity index (χ2v) is 5.00. The van der Waals surface area contributed by atoms with Gasteiger partial charge in [0, 0.05) is 10.5 Å². The fourth-order valence-corrected chi connectivity index (χ4v) is 2.05. The maximum Gasteiger partial charge on any atom is 0.146 e. The molecule has 1 atom stereocenters. The number of aromatic hydroxyl groups is 1. The summed E-state index contributed by atoms with van der Waals surface area (Å²) in [6, 6.07) is 11.6. The molecule has 2 nitrogen and oxygen atoms in total. The molecule has 0 aromatic heterocycles. The number of phenolic OH excluding ortho intramolecular Hbond substituents is 1. The fourth-order valence-electron chi connectivity index (χ4n) is 1.69. The van der Waals surface area contributed by atoms with E-state index < -0.39 is 0 Å². The van der Waals surface area contributed by atoms with E-state index in [2.05, 4.69) is 21.2 Å². The third-order valence-corrected chi connectivity index (χ3v) is 3.19. The SMILES string of the molecule is CC(Nc1cc(Br)ccc1F)c1ccc(O)cc1. The molecule has 0 aliphatic rings. The summed E-state index contributed by atoms with van der Waals surface area (Å²) in [5.74, 6) is -0.0663. The van der Waals surface area contributed by atoms with Crippen LogP contribution in [-0.2, 0) is 0 Å². The highest BCUT2D eigenvalue weighted by molar-refractivity contribution is 9.10. The van der Waals surface area contributed by atoms with Crippen LogP contribution in [0.3, 0.4) is 0 Å². The molecule has 0 aliphatic heterocycles. The van der Waals surface area contributed by atoms with E-state index in [0.717, 1.165) is 10.0 Å². The second kappa shape index (κ2) is 5.40. The molecule has 0 saturated carbocycles. The number of phenols is 1. The van der Waals surface area contributed by atoms with Crippen molar-refractivity contribution in [3.8, 4) is 5.75 Å². The summed E-state index contributed by atoms with van der Waals surface area (Å²) < 4.78 is 14.4. The molecule has 2 N–H and O–H groups in total. The number of benzene rings is 2. The first-order chi connectivity index (χ1) is 8.56. The molecule has 2 rings (SSSR count). The molecule has 0 saturated heterocycles. The van der Waals surface area contributed by atoms with Gasteiger partial charge in [-0.3, -0.25) is 0 Å². The Morgan fingerprint density at radius 2 is 1.83 bits per heavy atom. The van der Waals surface area contributed by atoms with Gasteiger partial charge in [-0.15, -0.1) is 0 Å². The first-order valence-electron chi connectivity index (χ1n) is 5.57. The highest BCUT2D eigenvalue weighted by atomic mass is 79.9. The van der Waals surface area contributed by atoms with Crippen LogP contribution in [0.1, 0.15) is 18.5 Å². The van der Waals surface area contributed by atoms with Gasteiger partial charge in [-0.05, 0) is 42.8 Å². The summed E-state index contributed by atoms with van der Waals surface area (Å²) in [5, 5.41) is 12.3. The van der Waals surface area contributed by atoms with Crippen LogP contribution in [0.4, 0.5) is 10.1 Å².